The number of piperazine rings is 1. The monoisotopic (exact) mass is 599 g/mol. The molecule has 1 saturated carbocycles. The van der Waals surface area contributed by atoms with Gasteiger partial charge in [-0.25, -0.2) is 9.50 Å². The first-order valence-corrected chi connectivity index (χ1v) is 13.3. The molecular weight excluding hydrogens is 565 g/mol. The van der Waals surface area contributed by atoms with Crippen molar-refractivity contribution >= 4 is 70.0 Å². The SMILES string of the molecule is COc1cc(C)cc2cc(-c3c(CNC4CCC4)c(CN4CCNCC4)n4ncnc(N)c34)sc12.Cl.Cl.Cl. The van der Waals surface area contributed by atoms with Crippen LogP contribution in [-0.2, 0) is 13.1 Å². The smallest absolute Gasteiger partial charge is 0.152 e. The van der Waals surface area contributed by atoms with Crippen molar-refractivity contribution in [3.05, 3.63) is 41.3 Å². The molecule has 2 aliphatic rings. The summed E-state index contributed by atoms with van der Waals surface area (Å²) in [6.07, 6.45) is 5.38. The van der Waals surface area contributed by atoms with E-state index in [1.54, 1.807) is 24.8 Å². The number of aromatic nitrogens is 3. The van der Waals surface area contributed by atoms with Gasteiger partial charge in [-0.3, -0.25) is 4.90 Å². The summed E-state index contributed by atoms with van der Waals surface area (Å²) >= 11 is 1.76. The van der Waals surface area contributed by atoms with Gasteiger partial charge in [-0.05, 0) is 48.4 Å². The zero-order valence-corrected chi connectivity index (χ0v) is 24.9. The average Bonchev–Trinajstić information content (AvgIpc) is 3.38. The minimum Gasteiger partial charge on any atom is -0.495 e. The number of methoxy groups -OCH3 is 1. The topological polar surface area (TPSA) is 92.7 Å². The van der Waals surface area contributed by atoms with Crippen LogP contribution < -0.4 is 21.1 Å². The Kier molecular flexibility index (Phi) is 10.5. The number of aryl methyl sites for hydroxylation is 1. The quantitative estimate of drug-likeness (QED) is 0.280. The van der Waals surface area contributed by atoms with Crippen LogP contribution in [0.1, 0.15) is 36.1 Å². The summed E-state index contributed by atoms with van der Waals surface area (Å²) in [5.41, 5.74) is 12.3. The van der Waals surface area contributed by atoms with E-state index in [0.717, 1.165) is 60.8 Å². The number of nitrogens with one attached hydrogen (secondary N) is 2. The lowest BCUT2D eigenvalue weighted by Gasteiger charge is -2.29. The predicted molar refractivity (Wildman–Crippen MR) is 164 cm³/mol. The second kappa shape index (κ2) is 13.0. The van der Waals surface area contributed by atoms with Crippen LogP contribution in [0.3, 0.4) is 0 Å². The highest BCUT2D eigenvalue weighted by molar-refractivity contribution is 7.22. The van der Waals surface area contributed by atoms with E-state index >= 15 is 0 Å². The van der Waals surface area contributed by atoms with Crippen LogP contribution in [0.5, 0.6) is 5.75 Å². The molecule has 38 heavy (non-hydrogen) atoms. The van der Waals surface area contributed by atoms with Crippen LogP contribution in [0.25, 0.3) is 26.0 Å². The Morgan fingerprint density at radius 2 is 1.92 bits per heavy atom. The minimum atomic E-state index is 0. The number of benzene rings is 1. The van der Waals surface area contributed by atoms with Gasteiger partial charge in [0, 0.05) is 55.8 Å². The maximum atomic E-state index is 6.54. The van der Waals surface area contributed by atoms with E-state index < -0.39 is 0 Å². The number of nitrogen functional groups attached to an aromatic ring is 1. The van der Waals surface area contributed by atoms with E-state index in [1.807, 2.05) is 4.52 Å². The second-order valence-corrected chi connectivity index (χ2v) is 10.8. The Morgan fingerprint density at radius 3 is 2.61 bits per heavy atom. The van der Waals surface area contributed by atoms with Crippen molar-refractivity contribution in [1.82, 2.24) is 30.1 Å². The van der Waals surface area contributed by atoms with Crippen LogP contribution in [0.15, 0.2) is 24.5 Å². The predicted octanol–water partition coefficient (Wildman–Crippen LogP) is 4.82. The molecule has 0 radical (unpaired) electrons. The van der Waals surface area contributed by atoms with E-state index in [2.05, 4.69) is 45.6 Å². The molecule has 12 heteroatoms. The Balaban J connectivity index is 0.00000133. The number of anilines is 1. The molecule has 4 aromatic rings. The number of fused-ring (bicyclic) bond motifs is 2. The summed E-state index contributed by atoms with van der Waals surface area (Å²) in [7, 11) is 1.74. The molecule has 1 aliphatic carbocycles. The highest BCUT2D eigenvalue weighted by Crippen LogP contribution is 2.44. The number of ether oxygens (including phenoxy) is 1. The van der Waals surface area contributed by atoms with Crippen molar-refractivity contribution in [2.75, 3.05) is 39.0 Å². The van der Waals surface area contributed by atoms with Crippen molar-refractivity contribution in [3.8, 4) is 16.2 Å². The molecule has 3 aromatic heterocycles. The third-order valence-electron chi connectivity index (χ3n) is 7.41. The van der Waals surface area contributed by atoms with Gasteiger partial charge < -0.3 is 21.1 Å². The van der Waals surface area contributed by atoms with Crippen molar-refractivity contribution < 1.29 is 4.74 Å². The second-order valence-electron chi connectivity index (χ2n) is 9.74. The summed E-state index contributed by atoms with van der Waals surface area (Å²) in [4.78, 5) is 8.09. The third kappa shape index (κ3) is 5.70. The number of hydrogen-bond donors (Lipinski definition) is 3. The van der Waals surface area contributed by atoms with Gasteiger partial charge in [-0.15, -0.1) is 48.6 Å². The Labute approximate surface area is 245 Å². The summed E-state index contributed by atoms with van der Waals surface area (Å²) < 4.78 is 8.94. The largest absolute Gasteiger partial charge is 0.495 e. The Bertz CT molecular complexity index is 1380. The molecule has 0 atom stereocenters. The van der Waals surface area contributed by atoms with Crippen LogP contribution in [-0.4, -0.2) is 58.8 Å². The number of thiophene rings is 1. The fraction of sp³-hybridized carbons (Fsp3) is 0.462. The van der Waals surface area contributed by atoms with Crippen molar-refractivity contribution in [2.45, 2.75) is 45.3 Å². The Hall–Kier alpha value is -1.85. The van der Waals surface area contributed by atoms with Crippen LogP contribution >= 0.6 is 48.6 Å². The first kappa shape index (κ1) is 30.7. The highest BCUT2D eigenvalue weighted by Gasteiger charge is 2.27. The van der Waals surface area contributed by atoms with Gasteiger partial charge in [-0.1, -0.05) is 12.5 Å². The molecule has 8 nitrogen and oxygen atoms in total. The maximum Gasteiger partial charge on any atom is 0.152 e. The molecule has 2 fully saturated rings. The van der Waals surface area contributed by atoms with Gasteiger partial charge >= 0.3 is 0 Å². The van der Waals surface area contributed by atoms with E-state index in [-0.39, 0.29) is 37.2 Å². The lowest BCUT2D eigenvalue weighted by Crippen LogP contribution is -2.43. The Morgan fingerprint density at radius 1 is 1.16 bits per heavy atom. The van der Waals surface area contributed by atoms with E-state index in [4.69, 9.17) is 15.6 Å². The molecule has 1 saturated heterocycles. The van der Waals surface area contributed by atoms with Gasteiger partial charge in [0.05, 0.1) is 17.5 Å². The molecule has 4 N–H and O–H groups in total. The van der Waals surface area contributed by atoms with Gasteiger partial charge in [0.25, 0.3) is 0 Å². The van der Waals surface area contributed by atoms with Crippen molar-refractivity contribution in [1.29, 1.82) is 0 Å². The molecule has 6 rings (SSSR count). The minimum absolute atomic E-state index is 0. The summed E-state index contributed by atoms with van der Waals surface area (Å²) in [6.45, 7) is 7.83. The molecule has 4 heterocycles. The lowest BCUT2D eigenvalue weighted by atomic mass is 9.93. The van der Waals surface area contributed by atoms with Crippen molar-refractivity contribution in [2.24, 2.45) is 0 Å². The van der Waals surface area contributed by atoms with Gasteiger partial charge in [0.2, 0.25) is 0 Å². The molecule has 1 aromatic carbocycles. The molecule has 1 aliphatic heterocycles. The maximum absolute atomic E-state index is 6.54. The first-order valence-electron chi connectivity index (χ1n) is 12.5. The zero-order chi connectivity index (χ0) is 23.9. The van der Waals surface area contributed by atoms with Crippen LogP contribution in [0, 0.1) is 6.92 Å². The van der Waals surface area contributed by atoms with Gasteiger partial charge in [0.15, 0.2) is 5.82 Å². The highest BCUT2D eigenvalue weighted by atomic mass is 35.5. The van der Waals surface area contributed by atoms with Gasteiger partial charge in [0.1, 0.15) is 17.6 Å². The zero-order valence-electron chi connectivity index (χ0n) is 21.7. The summed E-state index contributed by atoms with van der Waals surface area (Å²) in [5.74, 6) is 1.44. The molecule has 208 valence electrons. The van der Waals surface area contributed by atoms with Gasteiger partial charge in [-0.2, -0.15) is 5.10 Å². The number of nitrogens with zero attached hydrogens (tertiary/aromatic N) is 4. The molecule has 0 bridgehead atoms. The number of halogens is 3. The van der Waals surface area contributed by atoms with Crippen molar-refractivity contribution in [3.63, 3.8) is 0 Å². The molecule has 0 amide bonds. The fourth-order valence-corrected chi connectivity index (χ4v) is 6.52. The summed E-state index contributed by atoms with van der Waals surface area (Å²) in [6, 6.07) is 7.20. The van der Waals surface area contributed by atoms with E-state index in [9.17, 15) is 0 Å². The third-order valence-corrected chi connectivity index (χ3v) is 8.59. The average molecular weight is 601 g/mol. The lowest BCUT2D eigenvalue weighted by molar-refractivity contribution is 0.228. The number of hydrogen-bond acceptors (Lipinski definition) is 8. The fourth-order valence-electron chi connectivity index (χ4n) is 5.32. The first-order chi connectivity index (χ1) is 17.1. The van der Waals surface area contributed by atoms with E-state index in [1.165, 1.54) is 46.3 Å². The standard InChI is InChI=1S/C26H33N7OS.3ClH/c1-16-10-17-12-22(35-25(17)21(11-16)34-2)23-19(13-29-18-4-3-5-18)20(14-32-8-6-28-7-9-32)33-24(23)26(27)30-15-31-33;;;/h10-12,15,18,28-29H,3-9,13-14H2,1-2H3,(H2,27,30,31);3*1H. The number of nitrogens with two attached hydrogens (primary N) is 1. The number of rotatable bonds is 7. The molecule has 0 unspecified atom stereocenters. The van der Waals surface area contributed by atoms with Crippen LogP contribution in [0.4, 0.5) is 5.82 Å². The summed E-state index contributed by atoms with van der Waals surface area (Å²) in [5, 5.41) is 13.2. The molecule has 0 spiro atoms. The van der Waals surface area contributed by atoms with E-state index in [0.29, 0.717) is 11.9 Å². The normalized spacial score (nSPS) is 15.9. The molecular formula is C26H36Cl3N7OS. The van der Waals surface area contributed by atoms with Crippen LogP contribution in [0.2, 0.25) is 0 Å².